The molecule has 0 radical (unpaired) electrons. The van der Waals surface area contributed by atoms with Gasteiger partial charge in [-0.05, 0) is 44.5 Å². The average molecular weight is 270 g/mol. The monoisotopic (exact) mass is 270 g/mol. The maximum Gasteiger partial charge on any atom is 0.311 e. The number of carbonyl (C=O) groups is 1. The summed E-state index contributed by atoms with van der Waals surface area (Å²) in [6, 6.07) is 0. The van der Waals surface area contributed by atoms with Crippen molar-refractivity contribution in [2.75, 3.05) is 0 Å². The van der Waals surface area contributed by atoms with E-state index in [4.69, 9.17) is 4.74 Å². The van der Waals surface area contributed by atoms with Crippen molar-refractivity contribution in [1.82, 2.24) is 20.2 Å². The van der Waals surface area contributed by atoms with Gasteiger partial charge < -0.3 is 9.84 Å². The molecule has 0 saturated carbocycles. The van der Waals surface area contributed by atoms with Crippen molar-refractivity contribution >= 4 is 5.97 Å². The third-order valence-corrected chi connectivity index (χ3v) is 3.04. The number of hydrogen-bond acceptors (Lipinski definition) is 5. The molecule has 7 heteroatoms. The number of aromatic nitrogens is 4. The van der Waals surface area contributed by atoms with E-state index in [1.807, 2.05) is 27.7 Å². The van der Waals surface area contributed by atoms with Gasteiger partial charge in [-0.15, -0.1) is 5.10 Å². The smallest absolute Gasteiger partial charge is 0.311 e. The van der Waals surface area contributed by atoms with E-state index < -0.39 is 11.4 Å². The van der Waals surface area contributed by atoms with Gasteiger partial charge in [0.15, 0.2) is 5.82 Å². The molecule has 0 aliphatic rings. The van der Waals surface area contributed by atoms with Crippen LogP contribution in [0.25, 0.3) is 0 Å². The Morgan fingerprint density at radius 1 is 1.37 bits per heavy atom. The van der Waals surface area contributed by atoms with Crippen LogP contribution in [-0.4, -0.2) is 36.9 Å². The first kappa shape index (κ1) is 15.6. The van der Waals surface area contributed by atoms with Crippen molar-refractivity contribution < 1.29 is 14.6 Å². The maximum atomic E-state index is 11.3. The first-order valence-electron chi connectivity index (χ1n) is 6.30. The molecule has 108 valence electrons. The largest absolute Gasteiger partial charge is 0.481 e. The lowest BCUT2D eigenvalue weighted by Crippen LogP contribution is -2.33. The Morgan fingerprint density at radius 2 is 2.00 bits per heavy atom. The van der Waals surface area contributed by atoms with E-state index in [-0.39, 0.29) is 18.8 Å². The molecule has 19 heavy (non-hydrogen) atoms. The molecule has 0 saturated heterocycles. The molecule has 0 aliphatic carbocycles. The quantitative estimate of drug-likeness (QED) is 0.842. The minimum atomic E-state index is -0.883. The molecule has 7 nitrogen and oxygen atoms in total. The lowest BCUT2D eigenvalue weighted by Gasteiger charge is -2.23. The predicted molar refractivity (Wildman–Crippen MR) is 68.4 cm³/mol. The van der Waals surface area contributed by atoms with Gasteiger partial charge in [0, 0.05) is 0 Å². The number of ether oxygens (including phenoxy) is 1. The first-order chi connectivity index (χ1) is 8.68. The molecule has 1 aromatic heterocycles. The number of carboxylic acids is 1. The van der Waals surface area contributed by atoms with Gasteiger partial charge in [0.2, 0.25) is 0 Å². The van der Waals surface area contributed by atoms with E-state index in [0.29, 0.717) is 12.2 Å². The lowest BCUT2D eigenvalue weighted by atomic mass is 9.88. The highest BCUT2D eigenvalue weighted by atomic mass is 16.5. The fourth-order valence-corrected chi connectivity index (χ4v) is 1.39. The second kappa shape index (κ2) is 5.64. The van der Waals surface area contributed by atoms with Crippen molar-refractivity contribution in [1.29, 1.82) is 0 Å². The van der Waals surface area contributed by atoms with Crippen molar-refractivity contribution in [2.24, 2.45) is 5.41 Å². The molecule has 1 N–H and O–H groups in total. The summed E-state index contributed by atoms with van der Waals surface area (Å²) in [5.41, 5.74) is -1.18. The summed E-state index contributed by atoms with van der Waals surface area (Å²) < 4.78 is 7.12. The van der Waals surface area contributed by atoms with Gasteiger partial charge in [-0.2, -0.15) is 0 Å². The summed E-state index contributed by atoms with van der Waals surface area (Å²) >= 11 is 0. The zero-order chi connectivity index (χ0) is 14.7. The van der Waals surface area contributed by atoms with Crippen LogP contribution in [0.4, 0.5) is 0 Å². The fourth-order valence-electron chi connectivity index (χ4n) is 1.39. The highest BCUT2D eigenvalue weighted by Crippen LogP contribution is 2.24. The van der Waals surface area contributed by atoms with Crippen molar-refractivity contribution in [2.45, 2.75) is 59.8 Å². The molecule has 1 heterocycles. The lowest BCUT2D eigenvalue weighted by molar-refractivity contribution is -0.149. The van der Waals surface area contributed by atoms with Gasteiger partial charge in [0.05, 0.1) is 17.6 Å². The normalized spacial score (nSPS) is 15.2. The van der Waals surface area contributed by atoms with E-state index in [1.54, 1.807) is 6.92 Å². The highest BCUT2D eigenvalue weighted by Gasteiger charge is 2.33. The number of hydrogen-bond donors (Lipinski definition) is 1. The van der Waals surface area contributed by atoms with Gasteiger partial charge in [-0.25, -0.2) is 4.68 Å². The van der Waals surface area contributed by atoms with Crippen LogP contribution in [0, 0.1) is 5.41 Å². The summed E-state index contributed by atoms with van der Waals surface area (Å²) in [5, 5.41) is 20.6. The molecule has 0 aliphatic heterocycles. The minimum Gasteiger partial charge on any atom is -0.481 e. The zero-order valence-corrected chi connectivity index (χ0v) is 12.2. The summed E-state index contributed by atoms with van der Waals surface area (Å²) in [7, 11) is 0. The Hall–Kier alpha value is -1.50. The topological polar surface area (TPSA) is 90.1 Å². The third kappa shape index (κ3) is 4.27. The van der Waals surface area contributed by atoms with E-state index in [0.717, 1.165) is 0 Å². The zero-order valence-electron chi connectivity index (χ0n) is 12.2. The fraction of sp³-hybridized carbons (Fsp3) is 0.833. The van der Waals surface area contributed by atoms with Crippen LogP contribution in [0.2, 0.25) is 0 Å². The Morgan fingerprint density at radius 3 is 2.47 bits per heavy atom. The number of aliphatic carboxylic acids is 1. The van der Waals surface area contributed by atoms with Gasteiger partial charge >= 0.3 is 5.97 Å². The molecule has 0 bridgehead atoms. The Labute approximate surface area is 112 Å². The Bertz CT molecular complexity index is 438. The average Bonchev–Trinajstić information content (AvgIpc) is 2.72. The highest BCUT2D eigenvalue weighted by molar-refractivity contribution is 5.73. The SMILES string of the molecule is CCC(C)(Cn1nnnc1COC(C)(C)C)C(=O)O. The van der Waals surface area contributed by atoms with Crippen molar-refractivity contribution in [3.05, 3.63) is 5.82 Å². The van der Waals surface area contributed by atoms with E-state index in [2.05, 4.69) is 15.5 Å². The van der Waals surface area contributed by atoms with Gasteiger partial charge in [-0.1, -0.05) is 6.92 Å². The van der Waals surface area contributed by atoms with Crippen molar-refractivity contribution in [3.63, 3.8) is 0 Å². The molecule has 0 spiro atoms. The number of carboxylic acid groups (broad SMARTS) is 1. The molecule has 0 aromatic carbocycles. The van der Waals surface area contributed by atoms with Gasteiger partial charge in [0.1, 0.15) is 6.61 Å². The van der Waals surface area contributed by atoms with Crippen LogP contribution in [-0.2, 0) is 22.7 Å². The number of tetrazole rings is 1. The van der Waals surface area contributed by atoms with Crippen LogP contribution < -0.4 is 0 Å². The van der Waals surface area contributed by atoms with Gasteiger partial charge in [-0.3, -0.25) is 4.79 Å². The number of rotatable bonds is 6. The molecule has 1 rings (SSSR count). The van der Waals surface area contributed by atoms with Crippen LogP contribution in [0.3, 0.4) is 0 Å². The molecule has 0 fully saturated rings. The van der Waals surface area contributed by atoms with E-state index in [1.165, 1.54) is 4.68 Å². The van der Waals surface area contributed by atoms with Crippen LogP contribution in [0.15, 0.2) is 0 Å². The third-order valence-electron chi connectivity index (χ3n) is 3.04. The maximum absolute atomic E-state index is 11.3. The molecule has 0 amide bonds. The summed E-state index contributed by atoms with van der Waals surface area (Å²) in [4.78, 5) is 11.3. The van der Waals surface area contributed by atoms with Crippen LogP contribution in [0.5, 0.6) is 0 Å². The van der Waals surface area contributed by atoms with E-state index in [9.17, 15) is 9.90 Å². The van der Waals surface area contributed by atoms with Gasteiger partial charge in [0.25, 0.3) is 0 Å². The first-order valence-corrected chi connectivity index (χ1v) is 6.30. The number of nitrogens with zero attached hydrogens (tertiary/aromatic N) is 4. The summed E-state index contributed by atoms with van der Waals surface area (Å²) in [6.07, 6.45) is 0.502. The second-order valence-electron chi connectivity index (χ2n) is 5.87. The second-order valence-corrected chi connectivity index (χ2v) is 5.87. The van der Waals surface area contributed by atoms with Crippen molar-refractivity contribution in [3.8, 4) is 0 Å². The summed E-state index contributed by atoms with van der Waals surface area (Å²) in [6.45, 7) is 9.83. The molecule has 1 atom stereocenters. The van der Waals surface area contributed by atoms with Crippen LogP contribution >= 0.6 is 0 Å². The molecule has 1 unspecified atom stereocenters. The van der Waals surface area contributed by atoms with Crippen LogP contribution in [0.1, 0.15) is 46.9 Å². The Kier molecular flexibility index (Phi) is 4.62. The van der Waals surface area contributed by atoms with E-state index >= 15 is 0 Å². The Balaban J connectivity index is 2.80. The molecular weight excluding hydrogens is 248 g/mol. The standard InChI is InChI=1S/C12H22N4O3/c1-6-12(5,10(17)18)8-16-9(13-14-15-16)7-19-11(2,3)4/h6-8H2,1-5H3,(H,17,18). The molecular formula is C12H22N4O3. The summed E-state index contributed by atoms with van der Waals surface area (Å²) in [5.74, 6) is -0.316. The minimum absolute atomic E-state index is 0.231. The predicted octanol–water partition coefficient (Wildman–Crippen LogP) is 1.49. The molecule has 1 aromatic rings.